The Balaban J connectivity index is 2.29. The lowest BCUT2D eigenvalue weighted by Gasteiger charge is -2.03. The van der Waals surface area contributed by atoms with E-state index in [1.165, 1.54) is 22.2 Å². The summed E-state index contributed by atoms with van der Waals surface area (Å²) in [5.74, 6) is -0.461. The van der Waals surface area contributed by atoms with E-state index >= 15 is 0 Å². The summed E-state index contributed by atoms with van der Waals surface area (Å²) in [7, 11) is 0. The van der Waals surface area contributed by atoms with Gasteiger partial charge in [0, 0.05) is 22.5 Å². The Hall–Kier alpha value is -1.34. The summed E-state index contributed by atoms with van der Waals surface area (Å²) in [5, 5.41) is 8.54. The molecule has 0 radical (unpaired) electrons. The first kappa shape index (κ1) is 13.1. The number of fused-ring (bicyclic) bond motifs is 1. The molecule has 94 valence electrons. The van der Waals surface area contributed by atoms with Gasteiger partial charge in [-0.05, 0) is 28.1 Å². The number of nitrogens with zero attached hydrogens (tertiary/aromatic N) is 2. The minimum Gasteiger partial charge on any atom is -0.481 e. The molecule has 2 rings (SSSR count). The third-order valence-electron chi connectivity index (χ3n) is 2.15. The monoisotopic (exact) mass is 328 g/mol. The van der Waals surface area contributed by atoms with E-state index in [2.05, 4.69) is 20.9 Å². The van der Waals surface area contributed by atoms with Gasteiger partial charge in [0.25, 0.3) is 5.56 Å². The van der Waals surface area contributed by atoms with Gasteiger partial charge >= 0.3 is 5.97 Å². The summed E-state index contributed by atoms with van der Waals surface area (Å²) in [5.41, 5.74) is 0.970. The van der Waals surface area contributed by atoms with Gasteiger partial charge in [-0.3, -0.25) is 14.0 Å². The van der Waals surface area contributed by atoms with Crippen molar-refractivity contribution in [3.63, 3.8) is 0 Å². The number of carboxylic acids is 1. The quantitative estimate of drug-likeness (QED) is 0.926. The van der Waals surface area contributed by atoms with Crippen LogP contribution in [0.2, 0.25) is 0 Å². The van der Waals surface area contributed by atoms with Crippen LogP contribution in [0.25, 0.3) is 5.65 Å². The van der Waals surface area contributed by atoms with Crippen LogP contribution in [0.5, 0.6) is 0 Å². The maximum atomic E-state index is 11.8. The molecule has 18 heavy (non-hydrogen) atoms. The molecule has 0 aliphatic carbocycles. The molecule has 0 unspecified atom stereocenters. The largest absolute Gasteiger partial charge is 0.481 e. The molecule has 0 atom stereocenters. The van der Waals surface area contributed by atoms with E-state index in [4.69, 9.17) is 5.11 Å². The van der Waals surface area contributed by atoms with Gasteiger partial charge in [0.05, 0.1) is 11.4 Å². The summed E-state index contributed by atoms with van der Waals surface area (Å²) in [6.07, 6.45) is 1.65. The lowest BCUT2D eigenvalue weighted by atomic mass is 10.4. The Kier molecular flexibility index (Phi) is 4.03. The summed E-state index contributed by atoms with van der Waals surface area (Å²) in [4.78, 5) is 26.5. The molecule has 0 amide bonds. The Morgan fingerprint density at radius 1 is 1.50 bits per heavy atom. The highest BCUT2D eigenvalue weighted by Gasteiger charge is 2.04. The minimum absolute atomic E-state index is 0.00138. The van der Waals surface area contributed by atoms with E-state index in [9.17, 15) is 9.59 Å². The van der Waals surface area contributed by atoms with Crippen molar-refractivity contribution >= 4 is 39.3 Å². The van der Waals surface area contributed by atoms with Crippen LogP contribution in [0, 0.1) is 0 Å². The first-order valence-corrected chi connectivity index (χ1v) is 6.98. The highest BCUT2D eigenvalue weighted by molar-refractivity contribution is 9.10. The molecule has 2 aromatic heterocycles. The van der Waals surface area contributed by atoms with Crippen molar-refractivity contribution in [2.45, 2.75) is 5.75 Å². The molecule has 0 aliphatic heterocycles. The fourth-order valence-corrected chi connectivity index (χ4v) is 2.41. The average molecular weight is 329 g/mol. The standard InChI is InChI=1S/C11H9BrN2O3S/c12-7-1-2-9-13-8(5-18-6-11(16)17)3-10(15)14(9)4-7/h1-4H,5-6H2,(H,16,17). The van der Waals surface area contributed by atoms with Crippen molar-refractivity contribution in [2.75, 3.05) is 5.75 Å². The SMILES string of the molecule is O=C(O)CSCc1cc(=O)n2cc(Br)ccc2n1. The summed E-state index contributed by atoms with van der Waals surface area (Å²) >= 11 is 4.50. The fraction of sp³-hybridized carbons (Fsp3) is 0.182. The smallest absolute Gasteiger partial charge is 0.313 e. The molecule has 7 heteroatoms. The van der Waals surface area contributed by atoms with Crippen molar-refractivity contribution in [2.24, 2.45) is 0 Å². The Morgan fingerprint density at radius 3 is 3.00 bits per heavy atom. The number of aromatic nitrogens is 2. The van der Waals surface area contributed by atoms with Gasteiger partial charge in [0.2, 0.25) is 0 Å². The third kappa shape index (κ3) is 3.11. The van der Waals surface area contributed by atoms with E-state index in [1.54, 1.807) is 18.3 Å². The molecule has 2 heterocycles. The third-order valence-corrected chi connectivity index (χ3v) is 3.57. The number of halogens is 1. The second kappa shape index (κ2) is 5.53. The lowest BCUT2D eigenvalue weighted by Crippen LogP contribution is -2.15. The number of carbonyl (C=O) groups is 1. The highest BCUT2D eigenvalue weighted by Crippen LogP contribution is 2.12. The maximum Gasteiger partial charge on any atom is 0.313 e. The molecule has 5 nitrogen and oxygen atoms in total. The van der Waals surface area contributed by atoms with Gasteiger partial charge in [-0.15, -0.1) is 11.8 Å². The molecule has 2 aromatic rings. The van der Waals surface area contributed by atoms with E-state index in [-0.39, 0.29) is 11.3 Å². The molecular weight excluding hydrogens is 320 g/mol. The van der Waals surface area contributed by atoms with Crippen LogP contribution < -0.4 is 5.56 Å². The Labute approximate surface area is 115 Å². The summed E-state index contributed by atoms with van der Waals surface area (Å²) < 4.78 is 2.24. The maximum absolute atomic E-state index is 11.8. The molecule has 0 spiro atoms. The zero-order valence-corrected chi connectivity index (χ0v) is 11.6. The van der Waals surface area contributed by atoms with Crippen LogP contribution in [-0.4, -0.2) is 26.2 Å². The van der Waals surface area contributed by atoms with Gasteiger partial charge in [-0.1, -0.05) is 0 Å². The van der Waals surface area contributed by atoms with Crippen molar-refractivity contribution in [3.05, 3.63) is 44.9 Å². The zero-order valence-electron chi connectivity index (χ0n) is 9.17. The molecule has 0 aromatic carbocycles. The normalized spacial score (nSPS) is 10.7. The number of hydrogen-bond donors (Lipinski definition) is 1. The van der Waals surface area contributed by atoms with Crippen LogP contribution in [0.15, 0.2) is 33.7 Å². The zero-order chi connectivity index (χ0) is 13.1. The number of carboxylic acid groups (broad SMARTS) is 1. The predicted molar refractivity (Wildman–Crippen MR) is 73.0 cm³/mol. The lowest BCUT2D eigenvalue weighted by molar-refractivity contribution is -0.133. The molecule has 1 N–H and O–H groups in total. The minimum atomic E-state index is -0.874. The molecular formula is C11H9BrN2O3S. The van der Waals surface area contributed by atoms with Gasteiger partial charge < -0.3 is 5.11 Å². The topological polar surface area (TPSA) is 71.7 Å². The summed E-state index contributed by atoms with van der Waals surface area (Å²) in [6, 6.07) is 4.96. The van der Waals surface area contributed by atoms with Gasteiger partial charge in [0.1, 0.15) is 5.65 Å². The number of aliphatic carboxylic acids is 1. The number of pyridine rings is 1. The van der Waals surface area contributed by atoms with E-state index in [1.807, 2.05) is 0 Å². The van der Waals surface area contributed by atoms with Crippen LogP contribution >= 0.6 is 27.7 Å². The number of thioether (sulfide) groups is 1. The van der Waals surface area contributed by atoms with E-state index in [0.717, 1.165) is 4.47 Å². The number of rotatable bonds is 4. The molecule has 0 saturated heterocycles. The Bertz CT molecular complexity index is 656. The highest BCUT2D eigenvalue weighted by atomic mass is 79.9. The molecule has 0 bridgehead atoms. The second-order valence-electron chi connectivity index (χ2n) is 3.55. The molecule has 0 aliphatic rings. The van der Waals surface area contributed by atoms with Crippen molar-refractivity contribution in [1.29, 1.82) is 0 Å². The Morgan fingerprint density at radius 2 is 2.28 bits per heavy atom. The molecule has 0 fully saturated rings. The second-order valence-corrected chi connectivity index (χ2v) is 5.45. The van der Waals surface area contributed by atoms with Crippen molar-refractivity contribution in [1.82, 2.24) is 9.38 Å². The molecule has 0 saturated carbocycles. The van der Waals surface area contributed by atoms with Crippen molar-refractivity contribution in [3.8, 4) is 0 Å². The van der Waals surface area contributed by atoms with Crippen molar-refractivity contribution < 1.29 is 9.90 Å². The average Bonchev–Trinajstić information content (AvgIpc) is 2.30. The van der Waals surface area contributed by atoms with E-state index < -0.39 is 5.97 Å². The van der Waals surface area contributed by atoms with Gasteiger partial charge in [-0.25, -0.2) is 4.98 Å². The fourth-order valence-electron chi connectivity index (χ4n) is 1.44. The first-order valence-electron chi connectivity index (χ1n) is 5.03. The summed E-state index contributed by atoms with van der Waals surface area (Å²) in [6.45, 7) is 0. The van der Waals surface area contributed by atoms with Gasteiger partial charge in [-0.2, -0.15) is 0 Å². The van der Waals surface area contributed by atoms with Crippen LogP contribution in [-0.2, 0) is 10.5 Å². The van der Waals surface area contributed by atoms with Crippen LogP contribution in [0.1, 0.15) is 5.69 Å². The van der Waals surface area contributed by atoms with Crippen LogP contribution in [0.3, 0.4) is 0 Å². The van der Waals surface area contributed by atoms with Gasteiger partial charge in [0.15, 0.2) is 0 Å². The number of hydrogen-bond acceptors (Lipinski definition) is 4. The van der Waals surface area contributed by atoms with E-state index in [0.29, 0.717) is 17.1 Å². The van der Waals surface area contributed by atoms with Crippen LogP contribution in [0.4, 0.5) is 0 Å². The first-order chi connectivity index (χ1) is 8.56. The predicted octanol–water partition coefficient (Wildman–Crippen LogP) is 1.77.